The first-order valence-electron chi connectivity index (χ1n) is 25.7. The molecule has 3 aliphatic heterocycles. The molecule has 8 amide bonds. The highest BCUT2D eigenvalue weighted by molar-refractivity contribution is 7.90. The van der Waals surface area contributed by atoms with E-state index in [1.165, 1.54) is 31.3 Å². The average Bonchev–Trinajstić information content (AvgIpc) is 4.02. The highest BCUT2D eigenvalue weighted by atomic mass is 32.2. The summed E-state index contributed by atoms with van der Waals surface area (Å²) < 4.78 is 15.0. The summed E-state index contributed by atoms with van der Waals surface area (Å²) in [6.45, 7) is 3.39. The van der Waals surface area contributed by atoms with Gasteiger partial charge in [-0.25, -0.2) is 10.2 Å². The van der Waals surface area contributed by atoms with Crippen LogP contribution in [0.2, 0.25) is 0 Å². The number of β-amino-alcohol motifs (C(OH)–C–C–N with tert-alkyl or cyclic N) is 1. The van der Waals surface area contributed by atoms with E-state index < -0.39 is 177 Å². The summed E-state index contributed by atoms with van der Waals surface area (Å²) in [5.74, 6) is -10.8. The number of aliphatic hydroxyl groups is 6. The van der Waals surface area contributed by atoms with Crippen molar-refractivity contribution in [3.63, 3.8) is 0 Å². The number of phenolic OH excluding ortho intramolecular Hbond substituents is 1. The number of carbonyl (C=O) groups is 8. The minimum absolute atomic E-state index is 0.0586. The number of amides is 8. The van der Waals surface area contributed by atoms with Gasteiger partial charge in [0, 0.05) is 57.1 Å². The van der Waals surface area contributed by atoms with Gasteiger partial charge in [-0.15, -0.1) is 0 Å². The first kappa shape index (κ1) is 63.4. The molecule has 79 heavy (non-hydrogen) atoms. The second kappa shape index (κ2) is 30.2. The largest absolute Gasteiger partial charge is 0.504 e. The zero-order valence-corrected chi connectivity index (χ0v) is 44.5. The number of pyridine rings is 1. The van der Waals surface area contributed by atoms with Gasteiger partial charge in [0.1, 0.15) is 36.3 Å². The van der Waals surface area contributed by atoms with Crippen LogP contribution in [0.25, 0.3) is 0 Å². The third-order valence-electron chi connectivity index (χ3n) is 13.6. The minimum Gasteiger partial charge on any atom is -0.504 e. The lowest BCUT2D eigenvalue weighted by atomic mass is 9.98. The van der Waals surface area contributed by atoms with E-state index in [0.29, 0.717) is 6.61 Å². The molecule has 12 unspecified atom stereocenters. The van der Waals surface area contributed by atoms with Crippen LogP contribution < -0.4 is 41.2 Å². The van der Waals surface area contributed by atoms with Crippen molar-refractivity contribution in [2.75, 3.05) is 26.2 Å². The third kappa shape index (κ3) is 17.8. The molecular formula is C49H71N9O20S. The topological polar surface area (TPSA) is 441 Å². The molecule has 1 aromatic heterocycles. The molecule has 0 radical (unpaired) electrons. The number of aliphatic hydroxyl groups excluding tert-OH is 6. The molecule has 1 aromatic carbocycles. The molecule has 0 aliphatic carbocycles. The van der Waals surface area contributed by atoms with Gasteiger partial charge in [0.2, 0.25) is 47.2 Å². The zero-order valence-electron chi connectivity index (χ0n) is 43.7. The summed E-state index contributed by atoms with van der Waals surface area (Å²) >= 11 is 0.0586. The van der Waals surface area contributed by atoms with Crippen LogP contribution in [0.15, 0.2) is 36.5 Å². The fourth-order valence-corrected chi connectivity index (χ4v) is 9.58. The summed E-state index contributed by atoms with van der Waals surface area (Å²) in [5, 5.41) is 102. The van der Waals surface area contributed by atoms with Crippen molar-refractivity contribution in [2.45, 2.75) is 158 Å². The molecule has 4 heterocycles. The van der Waals surface area contributed by atoms with E-state index in [-0.39, 0.29) is 35.1 Å². The Labute approximate surface area is 458 Å². The van der Waals surface area contributed by atoms with Gasteiger partial charge < -0.3 is 86.8 Å². The molecule has 438 valence electrons. The molecule has 0 bridgehead atoms. The number of nitrogens with two attached hydrogens (primary N) is 1. The van der Waals surface area contributed by atoms with E-state index in [2.05, 4.69) is 47.9 Å². The number of hydrogen-bond acceptors (Lipinski definition) is 22. The maximum Gasteiger partial charge on any atom is 0.261 e. The number of hydrogen-bond donors (Lipinski definition) is 14. The number of unbranched alkanes of at least 4 members (excludes halogenated alkanes) is 5. The van der Waals surface area contributed by atoms with E-state index in [0.717, 1.165) is 67.4 Å². The van der Waals surface area contributed by atoms with Gasteiger partial charge in [0.15, 0.2) is 11.5 Å². The Kier molecular flexibility index (Phi) is 24.2. The van der Waals surface area contributed by atoms with Gasteiger partial charge in [0.25, 0.3) is 18.2 Å². The first-order chi connectivity index (χ1) is 37.5. The molecule has 3 aliphatic rings. The lowest BCUT2D eigenvalue weighted by molar-refractivity contribution is -0.433. The molecule has 2 aromatic rings. The number of fused-ring (bicyclic) bond motifs is 2. The highest BCUT2D eigenvalue weighted by Gasteiger charge is 2.50. The normalized spacial score (nSPS) is 26.8. The summed E-state index contributed by atoms with van der Waals surface area (Å²) in [6, 6.07) is -5.30. The van der Waals surface area contributed by atoms with Crippen LogP contribution in [0.1, 0.15) is 94.5 Å². The van der Waals surface area contributed by atoms with Crippen LogP contribution in [0, 0.1) is 5.92 Å². The molecule has 15 N–H and O–H groups in total. The number of rotatable bonds is 21. The molecule has 0 spiro atoms. The predicted octanol–water partition coefficient (Wildman–Crippen LogP) is -3.29. The third-order valence-corrected chi connectivity index (χ3v) is 13.9. The van der Waals surface area contributed by atoms with Gasteiger partial charge in [-0.05, 0) is 37.1 Å². The van der Waals surface area contributed by atoms with Crippen molar-refractivity contribution in [1.29, 1.82) is 0 Å². The first-order valence-corrected chi connectivity index (χ1v) is 26.4. The maximum absolute atomic E-state index is 14.6. The van der Waals surface area contributed by atoms with Crippen molar-refractivity contribution in [3.05, 3.63) is 47.7 Å². The molecule has 3 saturated heterocycles. The molecule has 30 heteroatoms. The second-order valence-electron chi connectivity index (χ2n) is 19.8. The lowest BCUT2D eigenvalue weighted by Gasteiger charge is -2.33. The SMILES string of the molecule is CCCCCCCCOc1ccc(C(=O)N[C@H]2CC(O)CNC(=O)C3C(O)C(C)CN3C(=O)C(C(O)CC(N)=O)NC(=O)C(C(O)Cc3ccc(O)c(OSOOO)c3)NC(=O)C3CC(O)CN3C(=O)C(C(C)O)NC2=O)cn1. The van der Waals surface area contributed by atoms with E-state index in [9.17, 15) is 74.1 Å². The Morgan fingerprint density at radius 3 is 2.19 bits per heavy atom. The Morgan fingerprint density at radius 2 is 1.52 bits per heavy atom. The smallest absolute Gasteiger partial charge is 0.261 e. The van der Waals surface area contributed by atoms with Crippen molar-refractivity contribution < 1.29 is 97.7 Å². The van der Waals surface area contributed by atoms with Crippen molar-refractivity contribution in [1.82, 2.24) is 41.4 Å². The monoisotopic (exact) mass is 1140 g/mol. The fraction of sp³-hybridized carbons (Fsp3) is 0.612. The van der Waals surface area contributed by atoms with Gasteiger partial charge in [0.05, 0.1) is 55.2 Å². The lowest BCUT2D eigenvalue weighted by Crippen LogP contribution is -2.64. The second-order valence-corrected chi connectivity index (χ2v) is 20.2. The number of ether oxygens (including phenoxy) is 1. The molecule has 5 rings (SSSR count). The van der Waals surface area contributed by atoms with Gasteiger partial charge in [-0.2, -0.15) is 0 Å². The van der Waals surface area contributed by atoms with Crippen molar-refractivity contribution in [3.8, 4) is 17.4 Å². The number of phenols is 1. The zero-order chi connectivity index (χ0) is 58.1. The highest BCUT2D eigenvalue weighted by Crippen LogP contribution is 2.31. The van der Waals surface area contributed by atoms with Crippen molar-refractivity contribution in [2.24, 2.45) is 11.7 Å². The van der Waals surface area contributed by atoms with Crippen LogP contribution in [0.4, 0.5) is 0 Å². The van der Waals surface area contributed by atoms with E-state index in [1.54, 1.807) is 0 Å². The van der Waals surface area contributed by atoms with Gasteiger partial charge >= 0.3 is 0 Å². The number of benzene rings is 1. The number of nitrogens with one attached hydrogen (secondary N) is 5. The average molecular weight is 1140 g/mol. The number of carbonyl (C=O) groups excluding carboxylic acids is 8. The van der Waals surface area contributed by atoms with Crippen LogP contribution in [-0.4, -0.2) is 202 Å². The van der Waals surface area contributed by atoms with Crippen LogP contribution >= 0.6 is 12.3 Å². The molecule has 29 nitrogen and oxygen atoms in total. The van der Waals surface area contributed by atoms with Crippen LogP contribution in [-0.2, 0) is 49.4 Å². The summed E-state index contributed by atoms with van der Waals surface area (Å²) in [5.41, 5.74) is 5.40. The minimum atomic E-state index is -2.21. The number of aromatic hydroxyl groups is 1. The number of nitrogens with zero attached hydrogens (tertiary/aromatic N) is 3. The van der Waals surface area contributed by atoms with E-state index in [1.807, 2.05) is 0 Å². The fourth-order valence-electron chi connectivity index (χ4n) is 9.32. The number of aromatic nitrogens is 1. The molecule has 13 atom stereocenters. The molecule has 3 fully saturated rings. The standard InChI is InChI=1S/C49H71N9O20S/c1-4-5-6-7-8-9-14-75-37-13-11-27(20-51-37)43(67)53-30-17-28(60)21-52-47(71)41-42(66)24(2)22-58(41)49(73)40(34(64)19-36(50)65)56-46(70)39(33(63)15-26-10-12-32(62)35(16-26)76-79-78-77-74)55-45(69)31-18-29(61)23-57(31)48(72)38(25(3)59)54-44(30)68/h10-13,16,20,24-25,28-31,33-34,38-42,59-64,66,74H,4-9,14-15,17-19,21-23H2,1-3H3,(H2,50,65)(H,52,71)(H,53,67)(H,54,68)(H,55,69)(H,56,70)/t24?,25?,28?,29?,30-,31?,33?,34?,38?,39?,40?,41?,42?/m0/s1. The Hall–Kier alpha value is -6.48. The summed E-state index contributed by atoms with van der Waals surface area (Å²) in [4.78, 5) is 118. The summed E-state index contributed by atoms with van der Waals surface area (Å²) in [6.07, 6.45) is -6.17. The number of primary amides is 1. The van der Waals surface area contributed by atoms with Gasteiger partial charge in [-0.3, -0.25) is 38.4 Å². The summed E-state index contributed by atoms with van der Waals surface area (Å²) in [7, 11) is 0. The Bertz CT molecular complexity index is 2430. The maximum atomic E-state index is 14.6. The molecule has 0 saturated carbocycles. The van der Waals surface area contributed by atoms with Crippen molar-refractivity contribution >= 4 is 59.6 Å². The van der Waals surface area contributed by atoms with E-state index in [4.69, 9.17) is 19.9 Å². The van der Waals surface area contributed by atoms with Crippen LogP contribution in [0.3, 0.4) is 0 Å². The predicted molar refractivity (Wildman–Crippen MR) is 273 cm³/mol. The van der Waals surface area contributed by atoms with E-state index >= 15 is 0 Å². The van der Waals surface area contributed by atoms with Crippen LogP contribution in [0.5, 0.6) is 17.4 Å². The Morgan fingerprint density at radius 1 is 0.835 bits per heavy atom. The van der Waals surface area contributed by atoms with Gasteiger partial charge in [-0.1, -0.05) is 61.4 Å². The molecular weight excluding hydrogens is 1070 g/mol. The quantitative estimate of drug-likeness (QED) is 0.0252. The Balaban J connectivity index is 1.52.